The standard InChI is InChI=1S/C15H16N3O/c1-11-9-16-10-13-14(11)18(2,3)17(15(13)19)12-7-5-4-6-8-12/h4-10H,1-3H3/q+1. The van der Waals surface area contributed by atoms with Crippen molar-refractivity contribution in [2.45, 2.75) is 6.92 Å². The molecule has 1 aromatic carbocycles. The number of carbonyl (C=O) groups excluding carboxylic acids is 1. The van der Waals surface area contributed by atoms with Gasteiger partial charge in [0.05, 0.1) is 19.8 Å². The Bertz CT molecular complexity index is 650. The van der Waals surface area contributed by atoms with E-state index in [4.69, 9.17) is 0 Å². The van der Waals surface area contributed by atoms with Crippen LogP contribution >= 0.6 is 0 Å². The number of nitrogens with zero attached hydrogens (tertiary/aromatic N) is 3. The summed E-state index contributed by atoms with van der Waals surface area (Å²) in [5.41, 5.74) is 3.64. The molecule has 0 atom stereocenters. The lowest BCUT2D eigenvalue weighted by Gasteiger charge is -2.33. The lowest BCUT2D eigenvalue weighted by Crippen LogP contribution is -2.54. The molecule has 19 heavy (non-hydrogen) atoms. The molecular formula is C15H16N3O+. The molecule has 0 saturated carbocycles. The normalized spacial score (nSPS) is 16.6. The van der Waals surface area contributed by atoms with Crippen LogP contribution in [0.1, 0.15) is 15.9 Å². The molecule has 96 valence electrons. The Labute approximate surface area is 112 Å². The number of quaternary nitrogens is 1. The minimum absolute atomic E-state index is 0.00222. The number of para-hydroxylation sites is 1. The third-order valence-corrected chi connectivity index (χ3v) is 3.57. The van der Waals surface area contributed by atoms with Crippen LogP contribution in [-0.2, 0) is 0 Å². The molecule has 1 aromatic heterocycles. The zero-order valence-corrected chi connectivity index (χ0v) is 11.3. The van der Waals surface area contributed by atoms with Crippen molar-refractivity contribution in [3.63, 3.8) is 0 Å². The number of fused-ring (bicyclic) bond motifs is 1. The molecule has 0 bridgehead atoms. The summed E-state index contributed by atoms with van der Waals surface area (Å²) >= 11 is 0. The van der Waals surface area contributed by atoms with Gasteiger partial charge in [0.1, 0.15) is 5.56 Å². The molecule has 1 aliphatic rings. The molecule has 0 unspecified atom stereocenters. The van der Waals surface area contributed by atoms with Gasteiger partial charge in [0.2, 0.25) is 0 Å². The average molecular weight is 254 g/mol. The fourth-order valence-corrected chi connectivity index (χ4v) is 2.86. The summed E-state index contributed by atoms with van der Waals surface area (Å²) < 4.78 is 0.395. The van der Waals surface area contributed by atoms with Gasteiger partial charge in [-0.15, -0.1) is 5.01 Å². The number of carbonyl (C=O) groups is 1. The topological polar surface area (TPSA) is 33.2 Å². The Kier molecular flexibility index (Phi) is 2.43. The predicted octanol–water partition coefficient (Wildman–Crippen LogP) is 2.53. The monoisotopic (exact) mass is 254 g/mol. The SMILES string of the molecule is Cc1cncc2c1[N+](C)(C)N(c1ccccc1)C2=O. The predicted molar refractivity (Wildman–Crippen MR) is 75.9 cm³/mol. The largest absolute Gasteiger partial charge is 0.312 e. The van der Waals surface area contributed by atoms with E-state index in [1.54, 1.807) is 17.4 Å². The number of anilines is 1. The zero-order chi connectivity index (χ0) is 13.6. The average Bonchev–Trinajstić information content (AvgIpc) is 2.59. The molecule has 1 amide bonds. The first-order chi connectivity index (χ1) is 9.03. The summed E-state index contributed by atoms with van der Waals surface area (Å²) in [5.74, 6) is 0.00222. The third kappa shape index (κ3) is 1.57. The van der Waals surface area contributed by atoms with E-state index in [1.807, 2.05) is 51.4 Å². The summed E-state index contributed by atoms with van der Waals surface area (Å²) in [6.07, 6.45) is 3.47. The van der Waals surface area contributed by atoms with E-state index in [-0.39, 0.29) is 5.91 Å². The van der Waals surface area contributed by atoms with Crippen molar-refractivity contribution in [3.05, 3.63) is 53.9 Å². The van der Waals surface area contributed by atoms with Crippen LogP contribution in [0, 0.1) is 6.92 Å². The van der Waals surface area contributed by atoms with E-state index in [0.29, 0.717) is 10.2 Å². The number of hydrogen-bond donors (Lipinski definition) is 0. The fraction of sp³-hybridized carbons (Fsp3) is 0.200. The maximum atomic E-state index is 12.6. The molecule has 2 aromatic rings. The highest BCUT2D eigenvalue weighted by atomic mass is 16.2. The Morgan fingerprint density at radius 1 is 1.11 bits per heavy atom. The molecule has 2 heterocycles. The molecule has 0 fully saturated rings. The summed E-state index contributed by atoms with van der Waals surface area (Å²) in [4.78, 5) is 16.8. The molecule has 4 nitrogen and oxygen atoms in total. The van der Waals surface area contributed by atoms with Crippen LogP contribution in [0.25, 0.3) is 0 Å². The number of aryl methyl sites for hydroxylation is 1. The Morgan fingerprint density at radius 3 is 2.42 bits per heavy atom. The van der Waals surface area contributed by atoms with Crippen molar-refractivity contribution in [3.8, 4) is 0 Å². The van der Waals surface area contributed by atoms with Gasteiger partial charge in [-0.3, -0.25) is 9.78 Å². The van der Waals surface area contributed by atoms with Crippen molar-refractivity contribution < 1.29 is 4.79 Å². The lowest BCUT2D eigenvalue weighted by molar-refractivity contribution is 0.0961. The van der Waals surface area contributed by atoms with Gasteiger partial charge >= 0.3 is 5.91 Å². The Balaban J connectivity index is 2.22. The van der Waals surface area contributed by atoms with Crippen molar-refractivity contribution in [2.75, 3.05) is 19.1 Å². The molecular weight excluding hydrogens is 238 g/mol. The van der Waals surface area contributed by atoms with Gasteiger partial charge in [0.25, 0.3) is 0 Å². The number of rotatable bonds is 1. The number of amides is 1. The summed E-state index contributed by atoms with van der Waals surface area (Å²) in [6.45, 7) is 1.99. The smallest absolute Gasteiger partial charge is 0.263 e. The zero-order valence-electron chi connectivity index (χ0n) is 11.3. The molecule has 0 spiro atoms. The van der Waals surface area contributed by atoms with Gasteiger partial charge in [-0.1, -0.05) is 18.2 Å². The molecule has 0 saturated heterocycles. The van der Waals surface area contributed by atoms with E-state index in [1.165, 1.54) is 0 Å². The molecule has 0 radical (unpaired) electrons. The van der Waals surface area contributed by atoms with Crippen LogP contribution in [0.3, 0.4) is 0 Å². The summed E-state index contributed by atoms with van der Waals surface area (Å²) in [6, 6.07) is 9.73. The van der Waals surface area contributed by atoms with Crippen LogP contribution in [0.2, 0.25) is 0 Å². The van der Waals surface area contributed by atoms with Crippen molar-refractivity contribution in [1.29, 1.82) is 0 Å². The van der Waals surface area contributed by atoms with Crippen molar-refractivity contribution >= 4 is 17.3 Å². The number of hydrogen-bond acceptors (Lipinski definition) is 2. The molecule has 3 rings (SSSR count). The van der Waals surface area contributed by atoms with E-state index in [0.717, 1.165) is 16.9 Å². The van der Waals surface area contributed by atoms with Crippen molar-refractivity contribution in [1.82, 2.24) is 9.58 Å². The first kappa shape index (κ1) is 11.9. The lowest BCUT2D eigenvalue weighted by atomic mass is 10.1. The maximum absolute atomic E-state index is 12.6. The van der Waals surface area contributed by atoms with Crippen LogP contribution in [0.4, 0.5) is 11.4 Å². The second-order valence-electron chi connectivity index (χ2n) is 5.20. The van der Waals surface area contributed by atoms with E-state index >= 15 is 0 Å². The number of aromatic nitrogens is 1. The van der Waals surface area contributed by atoms with Gasteiger partial charge in [-0.25, -0.2) is 0 Å². The molecule has 0 aliphatic carbocycles. The second-order valence-corrected chi connectivity index (χ2v) is 5.20. The first-order valence-corrected chi connectivity index (χ1v) is 6.22. The Morgan fingerprint density at radius 2 is 1.79 bits per heavy atom. The van der Waals surface area contributed by atoms with Crippen LogP contribution in [-0.4, -0.2) is 25.0 Å². The van der Waals surface area contributed by atoms with Gasteiger partial charge in [0.15, 0.2) is 5.69 Å². The van der Waals surface area contributed by atoms with Gasteiger partial charge < -0.3 is 0 Å². The Hall–Kier alpha value is -2.20. The number of benzene rings is 1. The second kappa shape index (κ2) is 3.90. The van der Waals surface area contributed by atoms with E-state index in [9.17, 15) is 4.79 Å². The van der Waals surface area contributed by atoms with Gasteiger partial charge in [-0.2, -0.15) is 4.59 Å². The summed E-state index contributed by atoms with van der Waals surface area (Å²) in [7, 11) is 4.04. The quantitative estimate of drug-likeness (QED) is 0.733. The molecule has 1 aliphatic heterocycles. The van der Waals surface area contributed by atoms with Crippen LogP contribution in [0.5, 0.6) is 0 Å². The van der Waals surface area contributed by atoms with Gasteiger partial charge in [-0.05, 0) is 19.1 Å². The van der Waals surface area contributed by atoms with Crippen LogP contribution < -0.4 is 9.60 Å². The fourth-order valence-electron chi connectivity index (χ4n) is 2.86. The summed E-state index contributed by atoms with van der Waals surface area (Å²) in [5, 5.41) is 1.79. The molecule has 0 N–H and O–H groups in total. The van der Waals surface area contributed by atoms with Gasteiger partial charge in [0, 0.05) is 18.0 Å². The number of pyridine rings is 1. The highest BCUT2D eigenvalue weighted by Crippen LogP contribution is 2.39. The minimum Gasteiger partial charge on any atom is -0.263 e. The van der Waals surface area contributed by atoms with E-state index < -0.39 is 0 Å². The first-order valence-electron chi connectivity index (χ1n) is 6.22. The third-order valence-electron chi connectivity index (χ3n) is 3.57. The minimum atomic E-state index is 0.00222. The highest BCUT2D eigenvalue weighted by molar-refractivity contribution is 6.14. The van der Waals surface area contributed by atoms with Crippen LogP contribution in [0.15, 0.2) is 42.7 Å². The maximum Gasteiger partial charge on any atom is 0.312 e. The van der Waals surface area contributed by atoms with E-state index in [2.05, 4.69) is 4.98 Å². The van der Waals surface area contributed by atoms with Crippen molar-refractivity contribution in [2.24, 2.45) is 0 Å². The molecule has 4 heteroatoms. The highest BCUT2D eigenvalue weighted by Gasteiger charge is 2.47.